The van der Waals surface area contributed by atoms with Gasteiger partial charge in [0.2, 0.25) is 12.7 Å². The van der Waals surface area contributed by atoms with Crippen molar-refractivity contribution < 1.29 is 19.3 Å². The van der Waals surface area contributed by atoms with E-state index in [1.54, 1.807) is 0 Å². The third-order valence-electron chi connectivity index (χ3n) is 1.87. The third-order valence-corrected chi connectivity index (χ3v) is 1.87. The van der Waals surface area contributed by atoms with Crippen LogP contribution in [0.3, 0.4) is 0 Å². The van der Waals surface area contributed by atoms with Crippen LogP contribution in [0.15, 0.2) is 37.4 Å². The largest absolute Gasteiger partial charge is 0.356 e. The topological polar surface area (TPSA) is 161 Å². The summed E-state index contributed by atoms with van der Waals surface area (Å²) in [6.07, 6.45) is 11.8. The van der Waals surface area contributed by atoms with Crippen LogP contribution in [-0.2, 0) is 20.6 Å². The SMILES string of the molecule is CCn1cc[n+](C)c1.C[n+]1cc[nH]c1.O=[N+]([O-])[O-].O=[N+]([O-])[O-]. The fourth-order valence-corrected chi connectivity index (χ4v) is 1.05. The average Bonchev–Trinajstić information content (AvgIpc) is 2.99. The number of aromatic amines is 1. The molecule has 0 saturated carbocycles. The van der Waals surface area contributed by atoms with Crippen LogP contribution in [0.4, 0.5) is 0 Å². The predicted molar refractivity (Wildman–Crippen MR) is 74.0 cm³/mol. The highest BCUT2D eigenvalue weighted by molar-refractivity contribution is 4.63. The Labute approximate surface area is 125 Å². The van der Waals surface area contributed by atoms with Gasteiger partial charge >= 0.3 is 0 Å². The Kier molecular flexibility index (Phi) is 12.3. The Balaban J connectivity index is 0. The Morgan fingerprint density at radius 2 is 1.55 bits per heavy atom. The normalized spacial score (nSPS) is 8.14. The van der Waals surface area contributed by atoms with Crippen LogP contribution in [0.25, 0.3) is 0 Å². The van der Waals surface area contributed by atoms with E-state index >= 15 is 0 Å². The van der Waals surface area contributed by atoms with E-state index in [1.165, 1.54) is 0 Å². The quantitative estimate of drug-likeness (QED) is 0.431. The van der Waals surface area contributed by atoms with Crippen LogP contribution in [-0.4, -0.2) is 19.7 Å². The third kappa shape index (κ3) is 19.2. The lowest BCUT2D eigenvalue weighted by Gasteiger charge is -1.81. The zero-order valence-corrected chi connectivity index (χ0v) is 12.4. The van der Waals surface area contributed by atoms with Crippen LogP contribution >= 0.6 is 0 Å². The molecule has 0 atom stereocenters. The van der Waals surface area contributed by atoms with Gasteiger partial charge in [0.25, 0.3) is 0 Å². The molecule has 0 bridgehead atoms. The van der Waals surface area contributed by atoms with Gasteiger partial charge in [-0.1, -0.05) is 0 Å². The molecule has 2 rings (SSSR count). The van der Waals surface area contributed by atoms with Gasteiger partial charge in [-0.25, -0.2) is 13.7 Å². The molecule has 124 valence electrons. The van der Waals surface area contributed by atoms with Gasteiger partial charge < -0.3 is 30.6 Å². The first-order valence-corrected chi connectivity index (χ1v) is 5.81. The summed E-state index contributed by atoms with van der Waals surface area (Å²) in [6, 6.07) is 0. The summed E-state index contributed by atoms with van der Waals surface area (Å²) in [4.78, 5) is 19.4. The summed E-state index contributed by atoms with van der Waals surface area (Å²) < 4.78 is 6.10. The number of imidazole rings is 2. The zero-order chi connectivity index (χ0) is 17.5. The molecule has 12 nitrogen and oxygen atoms in total. The van der Waals surface area contributed by atoms with Crippen molar-refractivity contribution in [3.8, 4) is 0 Å². The summed E-state index contributed by atoms with van der Waals surface area (Å²) in [5, 5.41) is 29.5. The fraction of sp³-hybridized carbons (Fsp3) is 0.400. The number of rotatable bonds is 1. The van der Waals surface area contributed by atoms with Crippen molar-refractivity contribution in [1.82, 2.24) is 9.55 Å². The molecular weight excluding hydrogens is 300 g/mol. The monoisotopic (exact) mass is 318 g/mol. The molecule has 0 aliphatic heterocycles. The minimum atomic E-state index is -1.75. The summed E-state index contributed by atoms with van der Waals surface area (Å²) in [7, 11) is 3.99. The lowest BCUT2D eigenvalue weighted by Crippen LogP contribution is -2.23. The highest BCUT2D eigenvalue weighted by atomic mass is 16.9. The molecule has 0 amide bonds. The van der Waals surface area contributed by atoms with E-state index in [0.29, 0.717) is 0 Å². The van der Waals surface area contributed by atoms with Gasteiger partial charge in [0.05, 0.1) is 30.8 Å². The van der Waals surface area contributed by atoms with Crippen molar-refractivity contribution in [2.24, 2.45) is 14.1 Å². The number of H-pyrrole nitrogens is 1. The number of aryl methyl sites for hydroxylation is 3. The Bertz CT molecular complexity index is 506. The van der Waals surface area contributed by atoms with Crippen molar-refractivity contribution in [1.29, 1.82) is 0 Å². The Morgan fingerprint density at radius 1 is 1.05 bits per heavy atom. The van der Waals surface area contributed by atoms with Crippen LogP contribution in [0.5, 0.6) is 0 Å². The van der Waals surface area contributed by atoms with E-state index in [9.17, 15) is 0 Å². The summed E-state index contributed by atoms with van der Waals surface area (Å²) in [5.41, 5.74) is 0. The number of hydrogen-bond donors (Lipinski definition) is 1. The van der Waals surface area contributed by atoms with Crippen molar-refractivity contribution in [3.05, 3.63) is 68.1 Å². The van der Waals surface area contributed by atoms with Gasteiger partial charge in [-0.15, -0.1) is 0 Å². The molecule has 0 radical (unpaired) electrons. The molecular formula is C10H18N6O6. The molecule has 0 spiro atoms. The van der Waals surface area contributed by atoms with Crippen molar-refractivity contribution in [2.45, 2.75) is 13.5 Å². The van der Waals surface area contributed by atoms with E-state index in [4.69, 9.17) is 30.6 Å². The van der Waals surface area contributed by atoms with Crippen molar-refractivity contribution in [2.75, 3.05) is 0 Å². The van der Waals surface area contributed by atoms with E-state index in [1.807, 2.05) is 48.1 Å². The highest BCUT2D eigenvalue weighted by Gasteiger charge is 1.92. The maximum Gasteiger partial charge on any atom is 0.243 e. The van der Waals surface area contributed by atoms with Gasteiger partial charge in [-0.3, -0.25) is 4.98 Å². The second kappa shape index (κ2) is 12.8. The summed E-state index contributed by atoms with van der Waals surface area (Å²) in [5.74, 6) is 0. The minimum absolute atomic E-state index is 1.06. The lowest BCUT2D eigenvalue weighted by molar-refractivity contribution is -0.671. The Morgan fingerprint density at radius 3 is 1.68 bits per heavy atom. The molecule has 2 aromatic rings. The predicted octanol–water partition coefficient (Wildman–Crippen LogP) is -0.306. The maximum absolute atomic E-state index is 8.25. The average molecular weight is 318 g/mol. The Hall–Kier alpha value is -3.18. The van der Waals surface area contributed by atoms with E-state index in [-0.39, 0.29) is 0 Å². The molecule has 2 heterocycles. The lowest BCUT2D eigenvalue weighted by atomic mass is 10.7. The second-order valence-corrected chi connectivity index (χ2v) is 3.63. The maximum atomic E-state index is 8.25. The molecule has 22 heavy (non-hydrogen) atoms. The number of aromatic nitrogens is 4. The van der Waals surface area contributed by atoms with Gasteiger partial charge in [0.15, 0.2) is 0 Å². The highest BCUT2D eigenvalue weighted by Crippen LogP contribution is 1.79. The molecule has 1 N–H and O–H groups in total. The number of nitrogens with one attached hydrogen (secondary N) is 1. The van der Waals surface area contributed by atoms with E-state index in [0.717, 1.165) is 6.54 Å². The second-order valence-electron chi connectivity index (χ2n) is 3.63. The first-order valence-electron chi connectivity index (χ1n) is 5.81. The van der Waals surface area contributed by atoms with Crippen LogP contribution in [0.1, 0.15) is 6.92 Å². The molecule has 0 aliphatic rings. The molecule has 0 fully saturated rings. The van der Waals surface area contributed by atoms with Crippen LogP contribution < -0.4 is 9.13 Å². The summed E-state index contributed by atoms with van der Waals surface area (Å²) in [6.45, 7) is 3.18. The zero-order valence-electron chi connectivity index (χ0n) is 12.4. The standard InChI is InChI=1S/C6H11N2.C4H6N2.2NO3/c1-3-8-5-4-7(2)6-8;1-6-3-2-5-4-6;2*2-1(3)4/h4-6H,3H2,1-2H3;2-4H,1H3;;/q+1;;2*-1/p+1. The van der Waals surface area contributed by atoms with Gasteiger partial charge in [0, 0.05) is 0 Å². The van der Waals surface area contributed by atoms with Crippen molar-refractivity contribution in [3.63, 3.8) is 0 Å². The molecule has 12 heteroatoms. The smallest absolute Gasteiger partial charge is 0.243 e. The molecule has 0 saturated heterocycles. The number of nitrogens with zero attached hydrogens (tertiary/aromatic N) is 5. The molecule has 0 aromatic carbocycles. The van der Waals surface area contributed by atoms with Crippen molar-refractivity contribution >= 4 is 0 Å². The van der Waals surface area contributed by atoms with E-state index < -0.39 is 10.2 Å². The van der Waals surface area contributed by atoms with Gasteiger partial charge in [-0.05, 0) is 6.92 Å². The van der Waals surface area contributed by atoms with Crippen LogP contribution in [0, 0.1) is 30.6 Å². The van der Waals surface area contributed by atoms with Crippen LogP contribution in [0.2, 0.25) is 0 Å². The summed E-state index contributed by atoms with van der Waals surface area (Å²) >= 11 is 0. The molecule has 2 aromatic heterocycles. The first kappa shape index (κ1) is 21.1. The van der Waals surface area contributed by atoms with E-state index in [2.05, 4.69) is 29.0 Å². The molecule has 0 aliphatic carbocycles. The fourth-order valence-electron chi connectivity index (χ4n) is 1.05. The first-order chi connectivity index (χ1) is 10.2. The van der Waals surface area contributed by atoms with Gasteiger partial charge in [0.1, 0.15) is 24.8 Å². The minimum Gasteiger partial charge on any atom is -0.356 e. The number of hydrogen-bond acceptors (Lipinski definition) is 6. The molecule has 0 unspecified atom stereocenters. The van der Waals surface area contributed by atoms with Gasteiger partial charge in [-0.2, -0.15) is 0 Å².